The number of rotatable bonds is 1. The minimum absolute atomic E-state index is 1.18. The van der Waals surface area contributed by atoms with Gasteiger partial charge in [0.05, 0.1) is 5.52 Å². The maximum absolute atomic E-state index is 3.22. The molecule has 0 atom stereocenters. The first-order valence-corrected chi connectivity index (χ1v) is 5.18. The van der Waals surface area contributed by atoms with Crippen LogP contribution in [0.1, 0.15) is 12.0 Å². The number of hydrogen-bond acceptors (Lipinski definition) is 1. The lowest BCUT2D eigenvalue weighted by Crippen LogP contribution is -2.06. The molecule has 1 N–H and O–H groups in total. The molecular formula is C12H14N2. The molecule has 1 aromatic carbocycles. The van der Waals surface area contributed by atoms with Gasteiger partial charge in [0.25, 0.3) is 0 Å². The molecule has 72 valence electrons. The molecule has 0 saturated heterocycles. The van der Waals surface area contributed by atoms with Crippen molar-refractivity contribution < 1.29 is 0 Å². The van der Waals surface area contributed by atoms with Crippen molar-refractivity contribution in [2.45, 2.75) is 19.4 Å². The summed E-state index contributed by atoms with van der Waals surface area (Å²) in [7, 11) is 1.98. The minimum Gasteiger partial charge on any atom is -0.388 e. The Morgan fingerprint density at radius 1 is 1.36 bits per heavy atom. The summed E-state index contributed by atoms with van der Waals surface area (Å²) in [4.78, 5) is 0. The van der Waals surface area contributed by atoms with Crippen molar-refractivity contribution in [3.05, 3.63) is 30.0 Å². The molecule has 2 nitrogen and oxygen atoms in total. The summed E-state index contributed by atoms with van der Waals surface area (Å²) in [6, 6.07) is 6.71. The standard InChI is InChI=1S/C12H14N2/c1-13-11-7-9-3-2-5-14-6-4-10(8-11)12(9)14/h4,6-8,13H,2-3,5H2,1H3. The second-order valence-corrected chi connectivity index (χ2v) is 3.94. The van der Waals surface area contributed by atoms with E-state index in [1.165, 1.54) is 41.5 Å². The predicted octanol–water partition coefficient (Wildman–Crippen LogP) is 2.63. The van der Waals surface area contributed by atoms with E-state index in [-0.39, 0.29) is 0 Å². The fourth-order valence-electron chi connectivity index (χ4n) is 2.40. The zero-order chi connectivity index (χ0) is 9.54. The molecule has 0 bridgehead atoms. The van der Waals surface area contributed by atoms with Crippen LogP contribution in [-0.4, -0.2) is 11.6 Å². The number of hydrogen-bond donors (Lipinski definition) is 1. The summed E-state index contributed by atoms with van der Waals surface area (Å²) >= 11 is 0. The number of nitrogens with zero attached hydrogens (tertiary/aromatic N) is 1. The van der Waals surface area contributed by atoms with E-state index in [4.69, 9.17) is 0 Å². The maximum Gasteiger partial charge on any atom is 0.0514 e. The number of benzene rings is 1. The average molecular weight is 186 g/mol. The Kier molecular flexibility index (Phi) is 1.57. The highest BCUT2D eigenvalue weighted by Crippen LogP contribution is 2.29. The third kappa shape index (κ3) is 0.969. The van der Waals surface area contributed by atoms with E-state index in [1.807, 2.05) is 7.05 Å². The zero-order valence-corrected chi connectivity index (χ0v) is 8.38. The lowest BCUT2D eigenvalue weighted by atomic mass is 10.0. The van der Waals surface area contributed by atoms with E-state index in [0.717, 1.165) is 0 Å². The molecule has 0 radical (unpaired) electrons. The van der Waals surface area contributed by atoms with E-state index < -0.39 is 0 Å². The fourth-order valence-corrected chi connectivity index (χ4v) is 2.40. The highest BCUT2D eigenvalue weighted by molar-refractivity contribution is 5.87. The third-order valence-corrected chi connectivity index (χ3v) is 3.07. The van der Waals surface area contributed by atoms with Crippen molar-refractivity contribution in [1.29, 1.82) is 0 Å². The lowest BCUT2D eigenvalue weighted by Gasteiger charge is -2.16. The molecule has 0 fully saturated rings. The maximum atomic E-state index is 3.22. The van der Waals surface area contributed by atoms with Crippen molar-refractivity contribution in [1.82, 2.24) is 4.57 Å². The van der Waals surface area contributed by atoms with Crippen molar-refractivity contribution in [2.75, 3.05) is 12.4 Å². The van der Waals surface area contributed by atoms with Crippen LogP contribution in [0.25, 0.3) is 10.9 Å². The smallest absolute Gasteiger partial charge is 0.0514 e. The topological polar surface area (TPSA) is 17.0 Å². The number of anilines is 1. The summed E-state index contributed by atoms with van der Waals surface area (Å²) in [6.07, 6.45) is 4.69. The molecule has 0 amide bonds. The van der Waals surface area contributed by atoms with Gasteiger partial charge < -0.3 is 9.88 Å². The molecule has 0 spiro atoms. The third-order valence-electron chi connectivity index (χ3n) is 3.07. The highest BCUT2D eigenvalue weighted by atomic mass is 15.0. The van der Waals surface area contributed by atoms with Crippen LogP contribution in [-0.2, 0) is 13.0 Å². The Morgan fingerprint density at radius 3 is 3.14 bits per heavy atom. The molecule has 1 aliphatic heterocycles. The molecule has 1 aromatic heterocycles. The van der Waals surface area contributed by atoms with Gasteiger partial charge in [-0.3, -0.25) is 0 Å². The summed E-state index contributed by atoms with van der Waals surface area (Å²) in [5, 5.41) is 4.59. The Labute approximate surface area is 83.5 Å². The second-order valence-electron chi connectivity index (χ2n) is 3.94. The van der Waals surface area contributed by atoms with Gasteiger partial charge in [-0.05, 0) is 36.6 Å². The van der Waals surface area contributed by atoms with E-state index in [9.17, 15) is 0 Å². The van der Waals surface area contributed by atoms with Gasteiger partial charge in [-0.25, -0.2) is 0 Å². The molecule has 2 heterocycles. The van der Waals surface area contributed by atoms with Crippen LogP contribution in [0.5, 0.6) is 0 Å². The molecular weight excluding hydrogens is 172 g/mol. The summed E-state index contributed by atoms with van der Waals surface area (Å²) < 4.78 is 2.37. The van der Waals surface area contributed by atoms with Gasteiger partial charge in [-0.15, -0.1) is 0 Å². The van der Waals surface area contributed by atoms with E-state index in [0.29, 0.717) is 0 Å². The van der Waals surface area contributed by atoms with Gasteiger partial charge in [-0.1, -0.05) is 0 Å². The largest absolute Gasteiger partial charge is 0.388 e. The van der Waals surface area contributed by atoms with Crippen LogP contribution in [0, 0.1) is 0 Å². The molecule has 0 saturated carbocycles. The Balaban J connectivity index is 2.36. The molecule has 0 aliphatic carbocycles. The Morgan fingerprint density at radius 2 is 2.29 bits per heavy atom. The van der Waals surface area contributed by atoms with Crippen LogP contribution in [0.2, 0.25) is 0 Å². The number of nitrogens with one attached hydrogen (secondary N) is 1. The molecule has 2 aromatic rings. The Bertz CT molecular complexity index is 482. The fraction of sp³-hybridized carbons (Fsp3) is 0.333. The SMILES string of the molecule is CNc1cc2c3c(ccn3CCC2)c1. The molecule has 0 unspecified atom stereocenters. The van der Waals surface area contributed by atoms with Gasteiger partial charge in [0.1, 0.15) is 0 Å². The summed E-state index contributed by atoms with van der Waals surface area (Å²) in [6.45, 7) is 1.18. The first-order chi connectivity index (χ1) is 6.88. The van der Waals surface area contributed by atoms with E-state index in [1.54, 1.807) is 0 Å². The van der Waals surface area contributed by atoms with Crippen molar-refractivity contribution in [3.8, 4) is 0 Å². The second kappa shape index (κ2) is 2.77. The van der Waals surface area contributed by atoms with Gasteiger partial charge in [0.2, 0.25) is 0 Å². The highest BCUT2D eigenvalue weighted by Gasteiger charge is 2.12. The van der Waals surface area contributed by atoms with Crippen molar-refractivity contribution in [3.63, 3.8) is 0 Å². The molecule has 2 heteroatoms. The van der Waals surface area contributed by atoms with E-state index in [2.05, 4.69) is 34.3 Å². The first-order valence-electron chi connectivity index (χ1n) is 5.18. The quantitative estimate of drug-likeness (QED) is 0.724. The predicted molar refractivity (Wildman–Crippen MR) is 59.8 cm³/mol. The zero-order valence-electron chi connectivity index (χ0n) is 8.38. The minimum atomic E-state index is 1.18. The van der Waals surface area contributed by atoms with Gasteiger partial charge in [0.15, 0.2) is 0 Å². The summed E-state index contributed by atoms with van der Waals surface area (Å²) in [5.41, 5.74) is 4.16. The number of aromatic nitrogens is 1. The molecule has 1 aliphatic rings. The van der Waals surface area contributed by atoms with Gasteiger partial charge >= 0.3 is 0 Å². The van der Waals surface area contributed by atoms with Gasteiger partial charge in [-0.2, -0.15) is 0 Å². The summed E-state index contributed by atoms with van der Waals surface area (Å²) in [5.74, 6) is 0. The molecule has 14 heavy (non-hydrogen) atoms. The average Bonchev–Trinajstić information content (AvgIpc) is 2.64. The van der Waals surface area contributed by atoms with Gasteiger partial charge in [0, 0.05) is 30.9 Å². The van der Waals surface area contributed by atoms with Crippen LogP contribution in [0.3, 0.4) is 0 Å². The number of aryl methyl sites for hydroxylation is 2. The van der Waals surface area contributed by atoms with Crippen LogP contribution >= 0.6 is 0 Å². The first kappa shape index (κ1) is 7.92. The van der Waals surface area contributed by atoms with Crippen molar-refractivity contribution in [2.24, 2.45) is 0 Å². The monoisotopic (exact) mass is 186 g/mol. The lowest BCUT2D eigenvalue weighted by molar-refractivity contribution is 0.636. The molecule has 3 rings (SSSR count). The van der Waals surface area contributed by atoms with E-state index >= 15 is 0 Å². The normalized spacial score (nSPS) is 14.6. The Hall–Kier alpha value is -1.44. The van der Waals surface area contributed by atoms with Crippen LogP contribution < -0.4 is 5.32 Å². The van der Waals surface area contributed by atoms with Crippen molar-refractivity contribution >= 4 is 16.6 Å². The van der Waals surface area contributed by atoms with Crippen LogP contribution in [0.4, 0.5) is 5.69 Å². The van der Waals surface area contributed by atoms with Crippen LogP contribution in [0.15, 0.2) is 24.4 Å².